The lowest BCUT2D eigenvalue weighted by Gasteiger charge is -2.39. The number of fused-ring (bicyclic) bond motifs is 1. The van der Waals surface area contributed by atoms with E-state index < -0.39 is 0 Å². The summed E-state index contributed by atoms with van der Waals surface area (Å²) in [7, 11) is 0. The monoisotopic (exact) mass is 467 g/mol. The molecule has 2 aliphatic rings. The molecule has 0 amide bonds. The van der Waals surface area contributed by atoms with Crippen LogP contribution in [0.1, 0.15) is 57.9 Å². The molecule has 0 saturated carbocycles. The van der Waals surface area contributed by atoms with Crippen LogP contribution in [0.5, 0.6) is 0 Å². The Morgan fingerprint density at radius 1 is 0.829 bits per heavy atom. The molecule has 3 aromatic rings. The highest BCUT2D eigenvalue weighted by Crippen LogP contribution is 2.29. The molecule has 0 aliphatic carbocycles. The van der Waals surface area contributed by atoms with Gasteiger partial charge in [0, 0.05) is 44.7 Å². The average Bonchev–Trinajstić information content (AvgIpc) is 3.16. The summed E-state index contributed by atoms with van der Waals surface area (Å²) >= 11 is 0. The van der Waals surface area contributed by atoms with E-state index in [-0.39, 0.29) is 5.78 Å². The number of benzene rings is 3. The molecule has 1 saturated heterocycles. The zero-order chi connectivity index (χ0) is 23.9. The molecule has 0 spiro atoms. The van der Waals surface area contributed by atoms with Gasteiger partial charge in [-0.1, -0.05) is 72.8 Å². The van der Waals surface area contributed by atoms with Crippen molar-refractivity contribution in [1.82, 2.24) is 15.1 Å². The van der Waals surface area contributed by atoms with Crippen LogP contribution in [0, 0.1) is 0 Å². The number of Topliss-reactive ketones (excluding diaryl/α,β-unsaturated/α-hetero) is 1. The van der Waals surface area contributed by atoms with Gasteiger partial charge in [-0.2, -0.15) is 0 Å². The van der Waals surface area contributed by atoms with Crippen LogP contribution in [-0.4, -0.2) is 54.9 Å². The summed E-state index contributed by atoms with van der Waals surface area (Å²) in [5.41, 5.74) is 6.29. The molecule has 182 valence electrons. The fourth-order valence-electron chi connectivity index (χ4n) is 5.57. The number of nitrogens with zero attached hydrogens (tertiary/aromatic N) is 2. The van der Waals surface area contributed by atoms with Gasteiger partial charge in [0.25, 0.3) is 0 Å². The Labute approximate surface area is 210 Å². The number of aryl methyl sites for hydroxylation is 1. The summed E-state index contributed by atoms with van der Waals surface area (Å²) in [4.78, 5) is 18.0. The first-order chi connectivity index (χ1) is 17.3. The summed E-state index contributed by atoms with van der Waals surface area (Å²) in [5.74, 6) is 0.281. The van der Waals surface area contributed by atoms with Gasteiger partial charge in [-0.05, 0) is 60.7 Å². The van der Waals surface area contributed by atoms with Crippen LogP contribution in [0.25, 0.3) is 0 Å². The van der Waals surface area contributed by atoms with Crippen molar-refractivity contribution < 1.29 is 4.79 Å². The van der Waals surface area contributed by atoms with E-state index in [1.54, 1.807) is 0 Å². The molecule has 1 N–H and O–H groups in total. The second-order valence-electron chi connectivity index (χ2n) is 9.89. The van der Waals surface area contributed by atoms with Gasteiger partial charge in [0.15, 0.2) is 5.78 Å². The van der Waals surface area contributed by atoms with Crippen LogP contribution >= 0.6 is 0 Å². The van der Waals surface area contributed by atoms with E-state index in [1.165, 1.54) is 28.7 Å². The van der Waals surface area contributed by atoms with Crippen molar-refractivity contribution >= 4 is 5.78 Å². The minimum Gasteiger partial charge on any atom is -0.313 e. The van der Waals surface area contributed by atoms with Gasteiger partial charge in [-0.25, -0.2) is 0 Å². The first-order valence-electron chi connectivity index (χ1n) is 13.2. The molecule has 3 aromatic carbocycles. The predicted molar refractivity (Wildman–Crippen MR) is 143 cm³/mol. The normalized spacial score (nSPS) is 17.2. The van der Waals surface area contributed by atoms with Crippen LogP contribution in [-0.2, 0) is 13.0 Å². The SMILES string of the molecule is O=C(CCCN1CCN(C(c2ccccc2)c2ccccc2)CC1)c1ccc2c(c1)CNCCC2. The lowest BCUT2D eigenvalue weighted by molar-refractivity contribution is 0.0942. The number of carbonyl (C=O) groups is 1. The Bertz CT molecular complexity index is 1050. The molecule has 35 heavy (non-hydrogen) atoms. The number of rotatable bonds is 8. The Hall–Kier alpha value is -2.79. The van der Waals surface area contributed by atoms with Gasteiger partial charge in [0.05, 0.1) is 6.04 Å². The number of ketones is 1. The van der Waals surface area contributed by atoms with Crippen molar-refractivity contribution in [2.45, 2.75) is 38.3 Å². The van der Waals surface area contributed by atoms with E-state index in [4.69, 9.17) is 0 Å². The van der Waals surface area contributed by atoms with E-state index in [0.717, 1.165) is 64.2 Å². The first kappa shape index (κ1) is 23.9. The summed E-state index contributed by atoms with van der Waals surface area (Å²) in [5, 5.41) is 3.47. The number of hydrogen-bond donors (Lipinski definition) is 1. The lowest BCUT2D eigenvalue weighted by atomic mass is 9.96. The molecule has 2 heterocycles. The van der Waals surface area contributed by atoms with Crippen molar-refractivity contribution in [3.8, 4) is 0 Å². The van der Waals surface area contributed by atoms with Gasteiger partial charge in [-0.15, -0.1) is 0 Å². The van der Waals surface area contributed by atoms with E-state index in [2.05, 4.69) is 87.9 Å². The van der Waals surface area contributed by atoms with Crippen LogP contribution in [0.3, 0.4) is 0 Å². The van der Waals surface area contributed by atoms with E-state index in [9.17, 15) is 4.79 Å². The summed E-state index contributed by atoms with van der Waals surface area (Å²) < 4.78 is 0. The molecule has 5 rings (SSSR count). The second-order valence-corrected chi connectivity index (χ2v) is 9.89. The Morgan fingerprint density at radius 2 is 1.51 bits per heavy atom. The first-order valence-corrected chi connectivity index (χ1v) is 13.2. The number of hydrogen-bond acceptors (Lipinski definition) is 4. The standard InChI is InChI=1S/C31H37N3O/c35-30(28-16-15-25-13-7-17-32-24-29(25)23-28)14-8-18-33-19-21-34(22-20-33)31(26-9-3-1-4-10-26)27-11-5-2-6-12-27/h1-6,9-12,15-16,23,31-32H,7-8,13-14,17-22,24H2. The number of piperazine rings is 1. The topological polar surface area (TPSA) is 35.6 Å². The second kappa shape index (κ2) is 11.8. The minimum absolute atomic E-state index is 0.281. The third-order valence-corrected chi connectivity index (χ3v) is 7.52. The summed E-state index contributed by atoms with van der Waals surface area (Å²) in [6.07, 6.45) is 3.83. The Kier molecular flexibility index (Phi) is 8.04. The maximum Gasteiger partial charge on any atom is 0.162 e. The Balaban J connectivity index is 1.13. The zero-order valence-electron chi connectivity index (χ0n) is 20.7. The molecule has 0 atom stereocenters. The number of nitrogens with one attached hydrogen (secondary N) is 1. The van der Waals surface area contributed by atoms with E-state index in [1.807, 2.05) is 6.07 Å². The minimum atomic E-state index is 0.281. The quantitative estimate of drug-likeness (QED) is 0.468. The van der Waals surface area contributed by atoms with Crippen LogP contribution in [0.15, 0.2) is 78.9 Å². The van der Waals surface area contributed by atoms with Crippen LogP contribution in [0.4, 0.5) is 0 Å². The fraction of sp³-hybridized carbons (Fsp3) is 0.387. The van der Waals surface area contributed by atoms with Gasteiger partial charge >= 0.3 is 0 Å². The van der Waals surface area contributed by atoms with Crippen LogP contribution in [0.2, 0.25) is 0 Å². The van der Waals surface area contributed by atoms with Gasteiger partial charge in [0.2, 0.25) is 0 Å². The van der Waals surface area contributed by atoms with Gasteiger partial charge < -0.3 is 10.2 Å². The van der Waals surface area contributed by atoms with Gasteiger partial charge in [-0.3, -0.25) is 9.69 Å². The lowest BCUT2D eigenvalue weighted by Crippen LogP contribution is -2.48. The summed E-state index contributed by atoms with van der Waals surface area (Å²) in [6.45, 7) is 7.12. The molecule has 4 nitrogen and oxygen atoms in total. The molecule has 0 unspecified atom stereocenters. The van der Waals surface area contributed by atoms with E-state index in [0.29, 0.717) is 12.5 Å². The molecule has 2 aliphatic heterocycles. The Morgan fingerprint density at radius 3 is 2.20 bits per heavy atom. The highest BCUT2D eigenvalue weighted by atomic mass is 16.1. The predicted octanol–water partition coefficient (Wildman–Crippen LogP) is 5.09. The van der Waals surface area contributed by atoms with Crippen molar-refractivity contribution in [3.05, 3.63) is 107 Å². The highest BCUT2D eigenvalue weighted by Gasteiger charge is 2.26. The maximum absolute atomic E-state index is 12.9. The maximum atomic E-state index is 12.9. The average molecular weight is 468 g/mol. The highest BCUT2D eigenvalue weighted by molar-refractivity contribution is 5.96. The molecular formula is C31H37N3O. The smallest absolute Gasteiger partial charge is 0.162 e. The molecule has 0 aromatic heterocycles. The largest absolute Gasteiger partial charge is 0.313 e. The van der Waals surface area contributed by atoms with Gasteiger partial charge in [0.1, 0.15) is 0 Å². The fourth-order valence-corrected chi connectivity index (χ4v) is 5.57. The third kappa shape index (κ3) is 6.07. The summed E-state index contributed by atoms with van der Waals surface area (Å²) in [6, 6.07) is 28.3. The zero-order valence-corrected chi connectivity index (χ0v) is 20.7. The molecule has 0 radical (unpaired) electrons. The van der Waals surface area contributed by atoms with Crippen molar-refractivity contribution in [2.75, 3.05) is 39.3 Å². The third-order valence-electron chi connectivity index (χ3n) is 7.52. The number of carbonyl (C=O) groups excluding carboxylic acids is 1. The molecule has 1 fully saturated rings. The molecule has 0 bridgehead atoms. The van der Waals surface area contributed by atoms with Crippen molar-refractivity contribution in [3.63, 3.8) is 0 Å². The van der Waals surface area contributed by atoms with Crippen molar-refractivity contribution in [2.24, 2.45) is 0 Å². The van der Waals surface area contributed by atoms with Crippen molar-refractivity contribution in [1.29, 1.82) is 0 Å². The molecular weight excluding hydrogens is 430 g/mol. The van der Waals surface area contributed by atoms with E-state index >= 15 is 0 Å². The van der Waals surface area contributed by atoms with Crippen LogP contribution < -0.4 is 5.32 Å². The molecule has 4 heteroatoms.